The zero-order chi connectivity index (χ0) is 21.6. The van der Waals surface area contributed by atoms with Crippen LogP contribution < -0.4 is 14.2 Å². The Labute approximate surface area is 184 Å². The van der Waals surface area contributed by atoms with Crippen molar-refractivity contribution in [1.29, 1.82) is 0 Å². The molecule has 162 valence electrons. The molecule has 0 amide bonds. The molecule has 1 aromatic heterocycles. The summed E-state index contributed by atoms with van der Waals surface area (Å²) in [5.74, 6) is 4.36. The van der Waals surface area contributed by atoms with Crippen molar-refractivity contribution in [3.63, 3.8) is 0 Å². The van der Waals surface area contributed by atoms with Gasteiger partial charge in [0.1, 0.15) is 11.5 Å². The molecule has 0 saturated heterocycles. The maximum Gasteiger partial charge on any atom is 0.315 e. The first-order valence-corrected chi connectivity index (χ1v) is 11.0. The largest absolute Gasteiger partial charge is 0.493 e. The molecule has 0 radical (unpaired) electrons. The van der Waals surface area contributed by atoms with Gasteiger partial charge in [0.2, 0.25) is 12.7 Å². The van der Waals surface area contributed by atoms with E-state index in [1.165, 1.54) is 18.9 Å². The van der Waals surface area contributed by atoms with Gasteiger partial charge in [-0.15, -0.1) is 11.8 Å². The minimum atomic E-state index is -0.222. The molecule has 0 fully saturated rings. The van der Waals surface area contributed by atoms with Gasteiger partial charge < -0.3 is 23.4 Å². The lowest BCUT2D eigenvalue weighted by molar-refractivity contribution is -0.137. The van der Waals surface area contributed by atoms with Crippen molar-refractivity contribution >= 4 is 17.7 Å². The number of aromatic nitrogens is 1. The second kappa shape index (κ2) is 9.78. The highest BCUT2D eigenvalue weighted by Gasteiger charge is 2.17. The number of aryl methyl sites for hydroxylation is 1. The van der Waals surface area contributed by atoms with E-state index in [0.717, 1.165) is 34.1 Å². The quantitative estimate of drug-likeness (QED) is 0.452. The number of oxazole rings is 1. The number of thioether (sulfide) groups is 1. The summed E-state index contributed by atoms with van der Waals surface area (Å²) in [7, 11) is 1.39. The summed E-state index contributed by atoms with van der Waals surface area (Å²) in [4.78, 5) is 15.9. The second-order valence-corrected chi connectivity index (χ2v) is 7.89. The number of hydrogen-bond donors (Lipinski definition) is 0. The first-order valence-electron chi connectivity index (χ1n) is 9.85. The Morgan fingerprint density at radius 3 is 2.90 bits per heavy atom. The number of rotatable bonds is 9. The molecule has 1 aliphatic heterocycles. The Morgan fingerprint density at radius 2 is 2.03 bits per heavy atom. The molecule has 0 N–H and O–H groups in total. The normalized spacial score (nSPS) is 12.1. The Hall–Kier alpha value is -3.13. The first-order chi connectivity index (χ1) is 15.1. The van der Waals surface area contributed by atoms with E-state index in [0.29, 0.717) is 36.2 Å². The summed E-state index contributed by atoms with van der Waals surface area (Å²) < 4.78 is 27.2. The summed E-state index contributed by atoms with van der Waals surface area (Å²) in [6.45, 7) is 2.61. The minimum Gasteiger partial charge on any atom is -0.493 e. The highest BCUT2D eigenvalue weighted by atomic mass is 32.2. The molecule has 0 saturated carbocycles. The van der Waals surface area contributed by atoms with Crippen molar-refractivity contribution in [2.45, 2.75) is 19.1 Å². The van der Waals surface area contributed by atoms with E-state index in [4.69, 9.17) is 18.6 Å². The van der Waals surface area contributed by atoms with E-state index in [1.54, 1.807) is 0 Å². The number of methoxy groups -OCH3 is 1. The predicted octanol–water partition coefficient (Wildman–Crippen LogP) is 4.41. The van der Waals surface area contributed by atoms with Gasteiger partial charge in [0.15, 0.2) is 11.5 Å². The number of nitrogens with zero attached hydrogens (tertiary/aromatic N) is 1. The van der Waals surface area contributed by atoms with Crippen LogP contribution in [0.3, 0.4) is 0 Å². The second-order valence-electron chi connectivity index (χ2n) is 6.90. The van der Waals surface area contributed by atoms with Gasteiger partial charge in [0.25, 0.3) is 0 Å². The van der Waals surface area contributed by atoms with Crippen LogP contribution in [0.25, 0.3) is 11.5 Å². The molecule has 0 spiro atoms. The van der Waals surface area contributed by atoms with E-state index in [9.17, 15) is 4.79 Å². The average Bonchev–Trinajstić information content (AvgIpc) is 3.40. The standard InChI is InChI=1S/C23H23NO6S/c1-15-19(24-23(30-15)17-6-7-20-21(11-17)29-14-28-20)8-9-27-18-5-3-4-16(10-18)12-31-13-22(25)26-2/h3-7,10-11H,8-9,12-14H2,1-2H3. The lowest BCUT2D eigenvalue weighted by Gasteiger charge is -2.07. The van der Waals surface area contributed by atoms with E-state index in [2.05, 4.69) is 9.72 Å². The van der Waals surface area contributed by atoms with Gasteiger partial charge in [-0.1, -0.05) is 12.1 Å². The van der Waals surface area contributed by atoms with Gasteiger partial charge in [-0.2, -0.15) is 0 Å². The van der Waals surface area contributed by atoms with Crippen LogP contribution in [0.2, 0.25) is 0 Å². The summed E-state index contributed by atoms with van der Waals surface area (Å²) in [5, 5.41) is 0. The number of carbonyl (C=O) groups is 1. The van der Waals surface area contributed by atoms with Crippen LogP contribution in [0.4, 0.5) is 0 Å². The molecule has 7 nitrogen and oxygen atoms in total. The van der Waals surface area contributed by atoms with Crippen molar-refractivity contribution in [1.82, 2.24) is 4.98 Å². The minimum absolute atomic E-state index is 0.222. The molecule has 31 heavy (non-hydrogen) atoms. The van der Waals surface area contributed by atoms with Crippen molar-refractivity contribution in [2.75, 3.05) is 26.3 Å². The molecule has 0 atom stereocenters. The van der Waals surface area contributed by atoms with Crippen LogP contribution in [-0.2, 0) is 21.7 Å². The van der Waals surface area contributed by atoms with Gasteiger partial charge in [-0.25, -0.2) is 4.98 Å². The van der Waals surface area contributed by atoms with Crippen molar-refractivity contribution in [3.05, 3.63) is 59.5 Å². The van der Waals surface area contributed by atoms with E-state index in [1.807, 2.05) is 49.4 Å². The molecule has 2 aromatic carbocycles. The third-order valence-electron chi connectivity index (χ3n) is 4.73. The van der Waals surface area contributed by atoms with Gasteiger partial charge in [-0.05, 0) is 42.8 Å². The number of benzene rings is 2. The maximum absolute atomic E-state index is 11.2. The number of ether oxygens (including phenoxy) is 4. The molecule has 4 rings (SSSR count). The van der Waals surface area contributed by atoms with Gasteiger partial charge in [0, 0.05) is 17.7 Å². The Bertz CT molecular complexity index is 1060. The molecule has 2 heterocycles. The number of fused-ring (bicyclic) bond motifs is 1. The van der Waals surface area contributed by atoms with Crippen molar-refractivity contribution < 1.29 is 28.2 Å². The fraction of sp³-hybridized carbons (Fsp3) is 0.304. The lowest BCUT2D eigenvalue weighted by atomic mass is 10.2. The molecule has 1 aliphatic rings. The number of carbonyl (C=O) groups excluding carboxylic acids is 1. The van der Waals surface area contributed by atoms with Crippen molar-refractivity contribution in [2.24, 2.45) is 0 Å². The molecule has 3 aromatic rings. The smallest absolute Gasteiger partial charge is 0.315 e. The van der Waals surface area contributed by atoms with Crippen LogP contribution in [0, 0.1) is 6.92 Å². The Morgan fingerprint density at radius 1 is 1.16 bits per heavy atom. The van der Waals surface area contributed by atoms with Crippen LogP contribution in [-0.4, -0.2) is 37.2 Å². The fourth-order valence-corrected chi connectivity index (χ4v) is 3.92. The third-order valence-corrected chi connectivity index (χ3v) is 5.71. The third kappa shape index (κ3) is 5.32. The highest BCUT2D eigenvalue weighted by Crippen LogP contribution is 2.36. The molecule has 0 bridgehead atoms. The summed E-state index contributed by atoms with van der Waals surface area (Å²) in [6.07, 6.45) is 0.626. The average molecular weight is 442 g/mol. The number of esters is 1. The predicted molar refractivity (Wildman–Crippen MR) is 117 cm³/mol. The summed E-state index contributed by atoms with van der Waals surface area (Å²) in [5.41, 5.74) is 2.79. The van der Waals surface area contributed by atoms with Crippen LogP contribution in [0.15, 0.2) is 46.9 Å². The molecular weight excluding hydrogens is 418 g/mol. The monoisotopic (exact) mass is 441 g/mol. The lowest BCUT2D eigenvalue weighted by Crippen LogP contribution is -2.04. The SMILES string of the molecule is COC(=O)CSCc1cccc(OCCc2nc(-c3ccc4c(c3)OCO4)oc2C)c1. The van der Waals surface area contributed by atoms with Crippen LogP contribution >= 0.6 is 11.8 Å². The highest BCUT2D eigenvalue weighted by molar-refractivity contribution is 7.99. The van der Waals surface area contributed by atoms with Gasteiger partial charge in [0.05, 0.1) is 25.2 Å². The zero-order valence-electron chi connectivity index (χ0n) is 17.4. The molecular formula is C23H23NO6S. The maximum atomic E-state index is 11.2. The van der Waals surface area contributed by atoms with Crippen molar-refractivity contribution in [3.8, 4) is 28.7 Å². The fourth-order valence-electron chi connectivity index (χ4n) is 3.11. The topological polar surface area (TPSA) is 80.0 Å². The van der Waals surface area contributed by atoms with Gasteiger partial charge >= 0.3 is 5.97 Å². The van der Waals surface area contributed by atoms with E-state index >= 15 is 0 Å². The first kappa shape index (κ1) is 21.1. The Balaban J connectivity index is 1.32. The van der Waals surface area contributed by atoms with E-state index < -0.39 is 0 Å². The van der Waals surface area contributed by atoms with Crippen LogP contribution in [0.5, 0.6) is 17.2 Å². The number of hydrogen-bond acceptors (Lipinski definition) is 8. The van der Waals surface area contributed by atoms with Crippen LogP contribution in [0.1, 0.15) is 17.0 Å². The summed E-state index contributed by atoms with van der Waals surface area (Å²) in [6, 6.07) is 13.5. The molecule has 8 heteroatoms. The Kier molecular flexibility index (Phi) is 6.66. The molecule has 0 unspecified atom stereocenters. The summed E-state index contributed by atoms with van der Waals surface area (Å²) >= 11 is 1.51. The van der Waals surface area contributed by atoms with Gasteiger partial charge in [-0.3, -0.25) is 4.79 Å². The van der Waals surface area contributed by atoms with E-state index in [-0.39, 0.29) is 12.8 Å². The molecule has 0 aliphatic carbocycles. The zero-order valence-corrected chi connectivity index (χ0v) is 18.2.